The van der Waals surface area contributed by atoms with Crippen LogP contribution in [-0.2, 0) is 25.5 Å². The lowest BCUT2D eigenvalue weighted by Gasteiger charge is -2.21. The minimum Gasteiger partial charge on any atom is -0.464 e. The highest BCUT2D eigenvalue weighted by molar-refractivity contribution is 5.86. The van der Waals surface area contributed by atoms with E-state index in [1.54, 1.807) is 6.92 Å². The van der Waals surface area contributed by atoms with E-state index in [-0.39, 0.29) is 43.5 Å². The van der Waals surface area contributed by atoms with Crippen molar-refractivity contribution in [3.8, 4) is 0 Å². The molecular formula is C24H34N2O5. The summed E-state index contributed by atoms with van der Waals surface area (Å²) in [4.78, 5) is 37.1. The van der Waals surface area contributed by atoms with E-state index in [0.717, 1.165) is 24.8 Å². The Morgan fingerprint density at radius 3 is 2.74 bits per heavy atom. The molecule has 2 rings (SSSR count). The summed E-state index contributed by atoms with van der Waals surface area (Å²) in [5.74, 6) is -1.31. The van der Waals surface area contributed by atoms with Crippen LogP contribution in [-0.4, -0.2) is 48.2 Å². The average Bonchev–Trinajstić information content (AvgIpc) is 2.75. The molecule has 1 heterocycles. The standard InChI is InChI=1S/C24H34N2O5/c1-18-17-31-23(29)13-9-4-2-3-8-12-20(24(30)25-18)15-22(28)26-21(16-27)14-19-10-6-5-7-11-19/h3,5-8,10-11,18,20-21,27H,2,4,9,12-17H2,1H3,(H,25,30)(H,26,28)/t18-,20+,21+/m0/s1. The lowest BCUT2D eigenvalue weighted by atomic mass is 9.98. The molecule has 0 aliphatic carbocycles. The molecule has 0 spiro atoms. The number of aliphatic hydroxyl groups is 1. The second kappa shape index (κ2) is 13.6. The van der Waals surface area contributed by atoms with Crippen molar-refractivity contribution >= 4 is 17.8 Å². The third-order valence-corrected chi connectivity index (χ3v) is 5.18. The van der Waals surface area contributed by atoms with Crippen molar-refractivity contribution in [3.63, 3.8) is 0 Å². The Kier molecular flexibility index (Phi) is 10.8. The minimum absolute atomic E-state index is 0.0218. The van der Waals surface area contributed by atoms with Crippen molar-refractivity contribution in [2.75, 3.05) is 13.2 Å². The van der Waals surface area contributed by atoms with E-state index >= 15 is 0 Å². The maximum absolute atomic E-state index is 12.7. The summed E-state index contributed by atoms with van der Waals surface area (Å²) in [5.41, 5.74) is 1.02. The zero-order valence-corrected chi connectivity index (χ0v) is 18.2. The van der Waals surface area contributed by atoms with Crippen molar-refractivity contribution < 1.29 is 24.2 Å². The number of carbonyl (C=O) groups excluding carboxylic acids is 3. The quantitative estimate of drug-likeness (QED) is 0.474. The van der Waals surface area contributed by atoms with Crippen LogP contribution in [0.15, 0.2) is 42.5 Å². The number of esters is 1. The van der Waals surface area contributed by atoms with Crippen molar-refractivity contribution in [2.24, 2.45) is 5.92 Å². The zero-order valence-electron chi connectivity index (χ0n) is 18.2. The van der Waals surface area contributed by atoms with Crippen molar-refractivity contribution in [1.29, 1.82) is 0 Å². The maximum Gasteiger partial charge on any atom is 0.305 e. The zero-order chi connectivity index (χ0) is 22.5. The predicted octanol–water partition coefficient (Wildman–Crippen LogP) is 2.28. The van der Waals surface area contributed by atoms with Crippen LogP contribution in [0.25, 0.3) is 0 Å². The van der Waals surface area contributed by atoms with Crippen LogP contribution in [0.3, 0.4) is 0 Å². The fraction of sp³-hybridized carbons (Fsp3) is 0.542. The molecule has 0 unspecified atom stereocenters. The molecule has 3 N–H and O–H groups in total. The number of rotatable bonds is 6. The van der Waals surface area contributed by atoms with Crippen molar-refractivity contribution in [1.82, 2.24) is 10.6 Å². The monoisotopic (exact) mass is 430 g/mol. The molecule has 2 amide bonds. The molecule has 0 fully saturated rings. The predicted molar refractivity (Wildman–Crippen MR) is 118 cm³/mol. The van der Waals surface area contributed by atoms with Gasteiger partial charge in [0.15, 0.2) is 0 Å². The van der Waals surface area contributed by atoms with E-state index < -0.39 is 12.0 Å². The van der Waals surface area contributed by atoms with Crippen LogP contribution in [0.2, 0.25) is 0 Å². The van der Waals surface area contributed by atoms with E-state index in [2.05, 4.69) is 10.6 Å². The van der Waals surface area contributed by atoms with Gasteiger partial charge < -0.3 is 20.5 Å². The summed E-state index contributed by atoms with van der Waals surface area (Å²) in [5, 5.41) is 15.3. The summed E-state index contributed by atoms with van der Waals surface area (Å²) in [6.07, 6.45) is 7.74. The Labute approximate surface area is 184 Å². The first-order chi connectivity index (χ1) is 15.0. The van der Waals surface area contributed by atoms with Gasteiger partial charge in [-0.3, -0.25) is 14.4 Å². The van der Waals surface area contributed by atoms with E-state index in [1.165, 1.54) is 0 Å². The third-order valence-electron chi connectivity index (χ3n) is 5.18. The van der Waals surface area contributed by atoms with Gasteiger partial charge in [0.2, 0.25) is 11.8 Å². The number of benzene rings is 1. The number of hydrogen-bond acceptors (Lipinski definition) is 5. The van der Waals surface area contributed by atoms with Gasteiger partial charge in [0, 0.05) is 12.8 Å². The van der Waals surface area contributed by atoms with Gasteiger partial charge in [-0.2, -0.15) is 0 Å². The van der Waals surface area contributed by atoms with Gasteiger partial charge in [-0.25, -0.2) is 0 Å². The number of amides is 2. The summed E-state index contributed by atoms with van der Waals surface area (Å²) in [6.45, 7) is 1.70. The van der Waals surface area contributed by atoms with E-state index in [1.807, 2.05) is 42.5 Å². The summed E-state index contributed by atoms with van der Waals surface area (Å²) in [7, 11) is 0. The Morgan fingerprint density at radius 2 is 2.00 bits per heavy atom. The highest BCUT2D eigenvalue weighted by atomic mass is 16.5. The van der Waals surface area contributed by atoms with Crippen LogP contribution in [0, 0.1) is 5.92 Å². The molecule has 0 saturated carbocycles. The molecule has 170 valence electrons. The van der Waals surface area contributed by atoms with E-state index in [4.69, 9.17) is 4.74 Å². The van der Waals surface area contributed by atoms with Gasteiger partial charge in [-0.15, -0.1) is 0 Å². The molecule has 0 aromatic heterocycles. The first kappa shape index (κ1) is 24.6. The molecule has 0 bridgehead atoms. The van der Waals surface area contributed by atoms with Gasteiger partial charge >= 0.3 is 5.97 Å². The molecule has 1 aromatic carbocycles. The molecule has 0 saturated heterocycles. The molecular weight excluding hydrogens is 396 g/mol. The Hall–Kier alpha value is -2.67. The highest BCUT2D eigenvalue weighted by Gasteiger charge is 2.24. The minimum atomic E-state index is -0.534. The largest absolute Gasteiger partial charge is 0.464 e. The SMILES string of the molecule is C[C@H]1COC(=O)CCCCC=CC[C@H](CC(=O)N[C@@H](CO)Cc2ccccc2)C(=O)N1. The van der Waals surface area contributed by atoms with Crippen LogP contribution in [0.5, 0.6) is 0 Å². The summed E-state index contributed by atoms with van der Waals surface area (Å²) >= 11 is 0. The molecule has 7 nitrogen and oxygen atoms in total. The number of carbonyl (C=O) groups is 3. The van der Waals surface area contributed by atoms with Crippen LogP contribution in [0.4, 0.5) is 0 Å². The van der Waals surface area contributed by atoms with Gasteiger partial charge in [-0.05, 0) is 44.6 Å². The number of cyclic esters (lactones) is 1. The Morgan fingerprint density at radius 1 is 1.23 bits per heavy atom. The lowest BCUT2D eigenvalue weighted by molar-refractivity contribution is -0.145. The first-order valence-electron chi connectivity index (χ1n) is 11.0. The van der Waals surface area contributed by atoms with Gasteiger partial charge in [-0.1, -0.05) is 42.5 Å². The number of hydrogen-bond donors (Lipinski definition) is 3. The second-order valence-corrected chi connectivity index (χ2v) is 8.08. The number of allylic oxidation sites excluding steroid dienone is 2. The molecule has 0 radical (unpaired) electrons. The number of nitrogens with one attached hydrogen (secondary N) is 2. The van der Waals surface area contributed by atoms with Gasteiger partial charge in [0.1, 0.15) is 6.61 Å². The Balaban J connectivity index is 1.96. The molecule has 3 atom stereocenters. The molecule has 1 aromatic rings. The van der Waals surface area contributed by atoms with Crippen molar-refractivity contribution in [2.45, 2.75) is 64.0 Å². The van der Waals surface area contributed by atoms with Crippen LogP contribution < -0.4 is 10.6 Å². The smallest absolute Gasteiger partial charge is 0.305 e. The molecule has 31 heavy (non-hydrogen) atoms. The summed E-state index contributed by atoms with van der Waals surface area (Å²) < 4.78 is 5.21. The maximum atomic E-state index is 12.7. The van der Waals surface area contributed by atoms with Gasteiger partial charge in [0.05, 0.1) is 24.6 Å². The normalized spacial score (nSPS) is 22.0. The third kappa shape index (κ3) is 9.79. The number of aliphatic hydroxyl groups excluding tert-OH is 1. The van der Waals surface area contributed by atoms with E-state index in [0.29, 0.717) is 19.3 Å². The lowest BCUT2D eigenvalue weighted by Crippen LogP contribution is -2.44. The van der Waals surface area contributed by atoms with Crippen LogP contribution >= 0.6 is 0 Å². The molecule has 1 aliphatic heterocycles. The Bertz CT molecular complexity index is 735. The fourth-order valence-corrected chi connectivity index (χ4v) is 3.46. The average molecular weight is 431 g/mol. The fourth-order valence-electron chi connectivity index (χ4n) is 3.46. The molecule has 7 heteroatoms. The van der Waals surface area contributed by atoms with Crippen molar-refractivity contribution in [3.05, 3.63) is 48.0 Å². The first-order valence-corrected chi connectivity index (χ1v) is 11.0. The molecule has 1 aliphatic rings. The van der Waals surface area contributed by atoms with Gasteiger partial charge in [0.25, 0.3) is 0 Å². The van der Waals surface area contributed by atoms with E-state index in [9.17, 15) is 19.5 Å². The highest BCUT2D eigenvalue weighted by Crippen LogP contribution is 2.13. The van der Waals surface area contributed by atoms with Crippen LogP contribution in [0.1, 0.15) is 51.0 Å². The summed E-state index contributed by atoms with van der Waals surface area (Å²) in [6, 6.07) is 8.88. The topological polar surface area (TPSA) is 105 Å². The number of ether oxygens (including phenoxy) is 1. The second-order valence-electron chi connectivity index (χ2n) is 8.08.